The minimum Gasteiger partial charge on any atom is -0.495 e. The fourth-order valence-corrected chi connectivity index (χ4v) is 4.11. The molecule has 1 N–H and O–H groups in total. The first-order chi connectivity index (χ1) is 13.7. The molecule has 2 aromatic rings. The number of benzene rings is 2. The van der Waals surface area contributed by atoms with Crippen LogP contribution in [0.15, 0.2) is 48.5 Å². The lowest BCUT2D eigenvalue weighted by Crippen LogP contribution is -2.48. The number of nitrogens with one attached hydrogen (secondary N) is 1. The van der Waals surface area contributed by atoms with E-state index >= 15 is 0 Å². The van der Waals surface area contributed by atoms with Crippen LogP contribution in [0.2, 0.25) is 5.02 Å². The van der Waals surface area contributed by atoms with E-state index in [1.54, 1.807) is 12.1 Å². The number of carbonyl (C=O) groups excluding carboxylic acids is 1. The van der Waals surface area contributed by atoms with E-state index in [2.05, 4.69) is 5.32 Å². The molecule has 0 radical (unpaired) electrons. The molecule has 0 spiro atoms. The first kappa shape index (κ1) is 23.0. The van der Waals surface area contributed by atoms with Crippen LogP contribution in [0.1, 0.15) is 12.5 Å². The molecule has 0 saturated heterocycles. The van der Waals surface area contributed by atoms with Crippen LogP contribution in [0.4, 0.5) is 5.69 Å². The van der Waals surface area contributed by atoms with Gasteiger partial charge in [0.15, 0.2) is 0 Å². The SMILES string of the molecule is COc1ccc(Cl)cc1N(C(C)C(=O)NCCOCc1ccccc1)S(C)(=O)=O. The van der Waals surface area contributed by atoms with Crippen molar-refractivity contribution >= 4 is 33.2 Å². The van der Waals surface area contributed by atoms with Crippen molar-refractivity contribution in [2.75, 3.05) is 30.8 Å². The smallest absolute Gasteiger partial charge is 0.243 e. The molecule has 0 saturated carbocycles. The molecule has 158 valence electrons. The van der Waals surface area contributed by atoms with Crippen molar-refractivity contribution in [1.82, 2.24) is 5.32 Å². The van der Waals surface area contributed by atoms with Gasteiger partial charge < -0.3 is 14.8 Å². The van der Waals surface area contributed by atoms with Crippen LogP contribution >= 0.6 is 11.6 Å². The quantitative estimate of drug-likeness (QED) is 0.574. The third-order valence-corrected chi connectivity index (χ3v) is 5.59. The number of methoxy groups -OCH3 is 1. The maximum absolute atomic E-state index is 12.6. The molecule has 0 aromatic heterocycles. The van der Waals surface area contributed by atoms with Gasteiger partial charge in [-0.25, -0.2) is 8.42 Å². The summed E-state index contributed by atoms with van der Waals surface area (Å²) in [6, 6.07) is 13.2. The van der Waals surface area contributed by atoms with E-state index in [1.807, 2.05) is 30.3 Å². The molecule has 1 atom stereocenters. The molecule has 2 rings (SSSR count). The number of sulfonamides is 1. The van der Waals surface area contributed by atoms with Crippen molar-refractivity contribution in [1.29, 1.82) is 0 Å². The molecule has 0 fully saturated rings. The van der Waals surface area contributed by atoms with Crippen LogP contribution in [-0.4, -0.2) is 46.9 Å². The minimum absolute atomic E-state index is 0.200. The molecule has 0 aliphatic heterocycles. The van der Waals surface area contributed by atoms with Gasteiger partial charge in [0.05, 0.1) is 32.3 Å². The number of nitrogens with zero attached hydrogens (tertiary/aromatic N) is 1. The number of rotatable bonds is 10. The second kappa shape index (κ2) is 10.5. The van der Waals surface area contributed by atoms with Gasteiger partial charge in [-0.1, -0.05) is 41.9 Å². The van der Waals surface area contributed by atoms with Crippen LogP contribution in [-0.2, 0) is 26.2 Å². The maximum Gasteiger partial charge on any atom is 0.243 e. The summed E-state index contributed by atoms with van der Waals surface area (Å²) >= 11 is 6.03. The Balaban J connectivity index is 2.01. The van der Waals surface area contributed by atoms with Gasteiger partial charge in [0.25, 0.3) is 0 Å². The Morgan fingerprint density at radius 2 is 1.90 bits per heavy atom. The van der Waals surface area contributed by atoms with Crippen LogP contribution < -0.4 is 14.4 Å². The highest BCUT2D eigenvalue weighted by atomic mass is 35.5. The lowest BCUT2D eigenvalue weighted by molar-refractivity contribution is -0.122. The van der Waals surface area contributed by atoms with E-state index in [0.29, 0.717) is 24.0 Å². The maximum atomic E-state index is 12.6. The fourth-order valence-electron chi connectivity index (χ4n) is 2.77. The molecule has 29 heavy (non-hydrogen) atoms. The summed E-state index contributed by atoms with van der Waals surface area (Å²) in [5.41, 5.74) is 1.23. The van der Waals surface area contributed by atoms with E-state index in [-0.39, 0.29) is 12.2 Å². The molecule has 0 aliphatic carbocycles. The van der Waals surface area contributed by atoms with Gasteiger partial charge in [-0.3, -0.25) is 9.10 Å². The molecular formula is C20H25ClN2O5S. The number of carbonyl (C=O) groups is 1. The zero-order chi connectivity index (χ0) is 21.4. The summed E-state index contributed by atoms with van der Waals surface area (Å²) in [5.74, 6) is -0.161. The third kappa shape index (κ3) is 6.62. The normalized spacial score (nSPS) is 12.3. The van der Waals surface area contributed by atoms with Gasteiger partial charge in [-0.2, -0.15) is 0 Å². The van der Waals surface area contributed by atoms with Gasteiger partial charge in [-0.05, 0) is 30.7 Å². The summed E-state index contributed by atoms with van der Waals surface area (Å²) in [7, 11) is -2.36. The van der Waals surface area contributed by atoms with Crippen LogP contribution in [0.5, 0.6) is 5.75 Å². The Morgan fingerprint density at radius 3 is 2.52 bits per heavy atom. The second-order valence-corrected chi connectivity index (χ2v) is 8.68. The minimum atomic E-state index is -3.78. The highest BCUT2D eigenvalue weighted by Gasteiger charge is 2.31. The lowest BCUT2D eigenvalue weighted by Gasteiger charge is -2.29. The van der Waals surface area contributed by atoms with Crippen molar-refractivity contribution < 1.29 is 22.7 Å². The van der Waals surface area contributed by atoms with E-state index in [1.165, 1.54) is 20.1 Å². The van der Waals surface area contributed by atoms with Crippen LogP contribution in [0, 0.1) is 0 Å². The number of hydrogen-bond donors (Lipinski definition) is 1. The molecule has 7 nitrogen and oxygen atoms in total. The molecule has 9 heteroatoms. The van der Waals surface area contributed by atoms with Gasteiger partial charge in [0.1, 0.15) is 11.8 Å². The van der Waals surface area contributed by atoms with Gasteiger partial charge in [-0.15, -0.1) is 0 Å². The largest absolute Gasteiger partial charge is 0.495 e. The van der Waals surface area contributed by atoms with Crippen molar-refractivity contribution in [3.05, 3.63) is 59.1 Å². The Labute approximate surface area is 176 Å². The van der Waals surface area contributed by atoms with Crippen molar-refractivity contribution in [2.45, 2.75) is 19.6 Å². The zero-order valence-corrected chi connectivity index (χ0v) is 18.2. The summed E-state index contributed by atoms with van der Waals surface area (Å²) in [6.07, 6.45) is 1.03. The molecule has 0 heterocycles. The van der Waals surface area contributed by atoms with Gasteiger partial charge in [0, 0.05) is 11.6 Å². The summed E-state index contributed by atoms with van der Waals surface area (Å²) < 4.78 is 36.6. The van der Waals surface area contributed by atoms with E-state index in [9.17, 15) is 13.2 Å². The highest BCUT2D eigenvalue weighted by molar-refractivity contribution is 7.92. The number of halogens is 1. The Morgan fingerprint density at radius 1 is 1.21 bits per heavy atom. The number of hydrogen-bond acceptors (Lipinski definition) is 5. The third-order valence-electron chi connectivity index (χ3n) is 4.12. The van der Waals surface area contributed by atoms with Crippen LogP contribution in [0.3, 0.4) is 0 Å². The second-order valence-electron chi connectivity index (χ2n) is 6.38. The topological polar surface area (TPSA) is 84.9 Å². The van der Waals surface area contributed by atoms with Crippen molar-refractivity contribution in [3.8, 4) is 5.75 Å². The van der Waals surface area contributed by atoms with E-state index in [4.69, 9.17) is 21.1 Å². The average molecular weight is 441 g/mol. The molecule has 1 unspecified atom stereocenters. The summed E-state index contributed by atoms with van der Waals surface area (Å²) in [6.45, 7) is 2.48. The Kier molecular flexibility index (Phi) is 8.31. The summed E-state index contributed by atoms with van der Waals surface area (Å²) in [4.78, 5) is 12.6. The Bertz CT molecular complexity index is 922. The molecule has 2 aromatic carbocycles. The zero-order valence-electron chi connectivity index (χ0n) is 16.6. The Hall–Kier alpha value is -2.29. The van der Waals surface area contributed by atoms with Gasteiger partial charge in [0.2, 0.25) is 15.9 Å². The van der Waals surface area contributed by atoms with Crippen molar-refractivity contribution in [2.24, 2.45) is 0 Å². The van der Waals surface area contributed by atoms with Crippen molar-refractivity contribution in [3.63, 3.8) is 0 Å². The molecule has 0 aliphatic rings. The first-order valence-corrected chi connectivity index (χ1v) is 11.2. The standard InChI is InChI=1S/C20H25ClN2O5S/c1-15(20(24)22-11-12-28-14-16-7-5-4-6-8-16)23(29(3,25)26)18-13-17(21)9-10-19(18)27-2/h4-10,13,15H,11-12,14H2,1-3H3,(H,22,24). The predicted molar refractivity (Wildman–Crippen MR) is 114 cm³/mol. The predicted octanol–water partition coefficient (Wildman–Crippen LogP) is 2.84. The lowest BCUT2D eigenvalue weighted by atomic mass is 10.2. The molecular weight excluding hydrogens is 416 g/mol. The monoisotopic (exact) mass is 440 g/mol. The number of ether oxygens (including phenoxy) is 2. The average Bonchev–Trinajstić information content (AvgIpc) is 2.67. The first-order valence-electron chi connectivity index (χ1n) is 8.96. The van der Waals surface area contributed by atoms with Crippen LogP contribution in [0.25, 0.3) is 0 Å². The number of amides is 1. The summed E-state index contributed by atoms with van der Waals surface area (Å²) in [5, 5.41) is 3.03. The van der Waals surface area contributed by atoms with Gasteiger partial charge >= 0.3 is 0 Å². The fraction of sp³-hybridized carbons (Fsp3) is 0.350. The number of anilines is 1. The van der Waals surface area contributed by atoms with E-state index in [0.717, 1.165) is 16.1 Å². The highest BCUT2D eigenvalue weighted by Crippen LogP contribution is 2.34. The molecule has 0 bridgehead atoms. The van der Waals surface area contributed by atoms with E-state index < -0.39 is 22.0 Å². The molecule has 1 amide bonds.